The Hall–Kier alpha value is -3.24. The van der Waals surface area contributed by atoms with Gasteiger partial charge in [-0.1, -0.05) is 50.3 Å². The maximum atomic E-state index is 14.5. The number of hydrogen-bond acceptors (Lipinski definition) is 5. The molecular formula is C28H31FN4O. The number of hydrogen-bond donors (Lipinski definition) is 2. The number of ether oxygens (including phenoxy) is 1. The summed E-state index contributed by atoms with van der Waals surface area (Å²) >= 11 is 0. The van der Waals surface area contributed by atoms with Gasteiger partial charge in [-0.2, -0.15) is 5.26 Å². The van der Waals surface area contributed by atoms with Gasteiger partial charge >= 0.3 is 0 Å². The molecule has 2 atom stereocenters. The molecule has 6 heteroatoms. The first-order chi connectivity index (χ1) is 16.6. The number of rotatable bonds is 4. The minimum atomic E-state index is -0.501. The van der Waals surface area contributed by atoms with Crippen LogP contribution in [0.1, 0.15) is 30.5 Å². The van der Waals surface area contributed by atoms with E-state index in [9.17, 15) is 4.39 Å². The lowest BCUT2D eigenvalue weighted by Gasteiger charge is -2.24. The average molecular weight is 459 g/mol. The van der Waals surface area contributed by atoms with Gasteiger partial charge in [0.2, 0.25) is 0 Å². The normalized spacial score (nSPS) is 21.1. The molecule has 1 fully saturated rings. The molecule has 0 bridgehead atoms. The summed E-state index contributed by atoms with van der Waals surface area (Å²) in [4.78, 5) is 0. The van der Waals surface area contributed by atoms with Gasteiger partial charge in [-0.15, -0.1) is 0 Å². The van der Waals surface area contributed by atoms with Crippen molar-refractivity contribution in [1.29, 1.82) is 5.26 Å². The van der Waals surface area contributed by atoms with Crippen LogP contribution in [0.4, 0.5) is 4.39 Å². The van der Waals surface area contributed by atoms with Crippen molar-refractivity contribution in [2.45, 2.75) is 32.4 Å². The molecule has 5 nitrogen and oxygen atoms in total. The van der Waals surface area contributed by atoms with Crippen LogP contribution in [-0.2, 0) is 11.2 Å². The summed E-state index contributed by atoms with van der Waals surface area (Å²) in [5.41, 5.74) is 9.55. The molecule has 0 amide bonds. The molecule has 0 spiro atoms. The van der Waals surface area contributed by atoms with Crippen molar-refractivity contribution in [3.05, 3.63) is 88.9 Å². The Bertz CT molecular complexity index is 1170. The molecule has 2 heterocycles. The summed E-state index contributed by atoms with van der Waals surface area (Å²) in [6.07, 6.45) is 9.42. The summed E-state index contributed by atoms with van der Waals surface area (Å²) in [6, 6.07) is 13.3. The van der Waals surface area contributed by atoms with Crippen LogP contribution >= 0.6 is 0 Å². The fourth-order valence-corrected chi connectivity index (χ4v) is 4.51. The molecule has 3 aliphatic rings. The van der Waals surface area contributed by atoms with Gasteiger partial charge in [-0.05, 0) is 58.0 Å². The van der Waals surface area contributed by atoms with Crippen LogP contribution in [0.2, 0.25) is 0 Å². The molecule has 176 valence electrons. The number of nitrogens with one attached hydrogen (secondary N) is 2. The minimum Gasteiger partial charge on any atom is -0.375 e. The summed E-state index contributed by atoms with van der Waals surface area (Å²) in [6.45, 7) is 6.42. The van der Waals surface area contributed by atoms with E-state index in [2.05, 4.69) is 53.4 Å². The Labute approximate surface area is 201 Å². The van der Waals surface area contributed by atoms with Crippen molar-refractivity contribution in [1.82, 2.24) is 15.8 Å². The molecule has 2 aromatic carbocycles. The Balaban J connectivity index is 0.00000133. The summed E-state index contributed by atoms with van der Waals surface area (Å²) in [7, 11) is 1.98. The number of morpholine rings is 1. The second-order valence-electron chi connectivity index (χ2n) is 8.39. The predicted molar refractivity (Wildman–Crippen MR) is 134 cm³/mol. The maximum absolute atomic E-state index is 14.5. The number of benzene rings is 2. The lowest BCUT2D eigenvalue weighted by atomic mass is 9.87. The number of fused-ring (bicyclic) bond motifs is 1. The molecule has 2 N–H and O–H groups in total. The zero-order valence-electron chi connectivity index (χ0n) is 19.9. The number of hydrazine groups is 1. The second-order valence-corrected chi connectivity index (χ2v) is 8.39. The Morgan fingerprint density at radius 3 is 2.76 bits per heavy atom. The molecule has 5 rings (SSSR count). The van der Waals surface area contributed by atoms with Gasteiger partial charge in [0.25, 0.3) is 0 Å². The lowest BCUT2D eigenvalue weighted by molar-refractivity contribution is 0.0292. The second kappa shape index (κ2) is 10.8. The van der Waals surface area contributed by atoms with Gasteiger partial charge < -0.3 is 15.1 Å². The number of halogens is 1. The fraction of sp³-hybridized carbons (Fsp3) is 0.321. The Morgan fingerprint density at radius 2 is 2.03 bits per heavy atom. The van der Waals surface area contributed by atoms with E-state index in [0.717, 1.165) is 47.3 Å². The van der Waals surface area contributed by atoms with E-state index in [1.165, 1.54) is 11.6 Å². The number of nitriles is 1. The first-order valence-electron chi connectivity index (χ1n) is 11.9. The van der Waals surface area contributed by atoms with E-state index in [0.29, 0.717) is 6.61 Å². The van der Waals surface area contributed by atoms with Gasteiger partial charge in [-0.25, -0.2) is 9.82 Å². The van der Waals surface area contributed by atoms with Gasteiger partial charge in [0.05, 0.1) is 24.3 Å². The molecule has 34 heavy (non-hydrogen) atoms. The highest BCUT2D eigenvalue weighted by molar-refractivity contribution is 5.88. The third kappa shape index (κ3) is 5.13. The lowest BCUT2D eigenvalue weighted by Crippen LogP contribution is -2.39. The van der Waals surface area contributed by atoms with Crippen LogP contribution in [0.15, 0.2) is 66.4 Å². The maximum Gasteiger partial charge on any atom is 0.141 e. The van der Waals surface area contributed by atoms with Gasteiger partial charge in [-0.3, -0.25) is 0 Å². The third-order valence-electron chi connectivity index (χ3n) is 6.10. The zero-order chi connectivity index (χ0) is 24.1. The van der Waals surface area contributed by atoms with E-state index >= 15 is 0 Å². The van der Waals surface area contributed by atoms with Crippen LogP contribution in [0.25, 0.3) is 16.7 Å². The standard InChI is InChI=1S/C26H25FN4O.C2H6/c1-31-16-21-12-18(5-7-26(21)30-31)23-6-2-17(10-22-15-29-8-9-32-22)11-24(23)19-3-4-20(14-28)25(27)13-19;1-2/h2-7,11-13,16,22,26,29-30H,8-10,15H2,1H3;1-2H3. The van der Waals surface area contributed by atoms with Crippen molar-refractivity contribution < 1.29 is 9.13 Å². The highest BCUT2D eigenvalue weighted by atomic mass is 19.1. The molecular weight excluding hydrogens is 427 g/mol. The first-order valence-corrected chi connectivity index (χ1v) is 11.9. The SMILES string of the molecule is CC.CN1C=C2C=C(c3ccc(CC4CNCCO4)cc3-c3ccc(C#N)c(F)c3)C=CC2N1. The first kappa shape index (κ1) is 23.9. The highest BCUT2D eigenvalue weighted by Gasteiger charge is 2.23. The molecule has 1 saturated heterocycles. The Kier molecular flexibility index (Phi) is 7.59. The monoisotopic (exact) mass is 458 g/mol. The van der Waals surface area contributed by atoms with Crippen LogP contribution in [0.3, 0.4) is 0 Å². The molecule has 1 aliphatic carbocycles. The van der Waals surface area contributed by atoms with Crippen molar-refractivity contribution in [2.75, 3.05) is 26.7 Å². The Morgan fingerprint density at radius 1 is 1.18 bits per heavy atom. The van der Waals surface area contributed by atoms with E-state index < -0.39 is 5.82 Å². The van der Waals surface area contributed by atoms with Crippen LogP contribution in [-0.4, -0.2) is 43.9 Å². The van der Waals surface area contributed by atoms with Crippen molar-refractivity contribution in [3.8, 4) is 17.2 Å². The van der Waals surface area contributed by atoms with Gasteiger partial charge in [0.15, 0.2) is 0 Å². The van der Waals surface area contributed by atoms with Crippen LogP contribution in [0.5, 0.6) is 0 Å². The van der Waals surface area contributed by atoms with E-state index in [4.69, 9.17) is 10.00 Å². The van der Waals surface area contributed by atoms with E-state index in [1.54, 1.807) is 6.07 Å². The topological polar surface area (TPSA) is 60.3 Å². The molecule has 0 radical (unpaired) electrons. The third-order valence-corrected chi connectivity index (χ3v) is 6.10. The summed E-state index contributed by atoms with van der Waals surface area (Å²) < 4.78 is 20.4. The molecule has 2 unspecified atom stereocenters. The summed E-state index contributed by atoms with van der Waals surface area (Å²) in [5.74, 6) is -0.501. The van der Waals surface area contributed by atoms with Crippen LogP contribution in [0, 0.1) is 17.1 Å². The highest BCUT2D eigenvalue weighted by Crippen LogP contribution is 2.35. The van der Waals surface area contributed by atoms with Crippen molar-refractivity contribution in [3.63, 3.8) is 0 Å². The fourth-order valence-electron chi connectivity index (χ4n) is 4.51. The van der Waals surface area contributed by atoms with E-state index in [1.807, 2.05) is 38.0 Å². The van der Waals surface area contributed by atoms with Gasteiger partial charge in [0, 0.05) is 26.3 Å². The van der Waals surface area contributed by atoms with Gasteiger partial charge in [0.1, 0.15) is 11.9 Å². The summed E-state index contributed by atoms with van der Waals surface area (Å²) in [5, 5.41) is 14.5. The number of allylic oxidation sites excluding steroid dienone is 2. The molecule has 2 aliphatic heterocycles. The predicted octanol–water partition coefficient (Wildman–Crippen LogP) is 4.58. The quantitative estimate of drug-likeness (QED) is 0.703. The largest absolute Gasteiger partial charge is 0.375 e. The smallest absolute Gasteiger partial charge is 0.141 e. The van der Waals surface area contributed by atoms with Crippen molar-refractivity contribution in [2.24, 2.45) is 0 Å². The minimum absolute atomic E-state index is 0.0537. The molecule has 0 saturated carbocycles. The van der Waals surface area contributed by atoms with E-state index in [-0.39, 0.29) is 17.7 Å². The number of nitrogens with zero attached hydrogens (tertiary/aromatic N) is 2. The van der Waals surface area contributed by atoms with Crippen LogP contribution < -0.4 is 10.7 Å². The molecule has 2 aromatic rings. The molecule has 0 aromatic heterocycles. The van der Waals surface area contributed by atoms with Crippen molar-refractivity contribution >= 4 is 5.57 Å². The average Bonchev–Trinajstić information content (AvgIpc) is 3.25. The zero-order valence-corrected chi connectivity index (χ0v) is 19.9.